The SMILES string of the molecule is N#CCCP(=O)(CCC#N)c1ccccc1. The van der Waals surface area contributed by atoms with Crippen molar-refractivity contribution >= 4 is 12.4 Å². The van der Waals surface area contributed by atoms with Crippen molar-refractivity contribution in [2.75, 3.05) is 12.3 Å². The summed E-state index contributed by atoms with van der Waals surface area (Å²) >= 11 is 0. The highest BCUT2D eigenvalue weighted by molar-refractivity contribution is 7.71. The van der Waals surface area contributed by atoms with Gasteiger partial charge in [0.05, 0.1) is 12.1 Å². The third-order valence-electron chi connectivity index (χ3n) is 2.40. The topological polar surface area (TPSA) is 64.7 Å². The number of nitriles is 2. The summed E-state index contributed by atoms with van der Waals surface area (Å²) in [6, 6.07) is 13.2. The molecule has 0 unspecified atom stereocenters. The Morgan fingerprint density at radius 3 is 1.94 bits per heavy atom. The van der Waals surface area contributed by atoms with Gasteiger partial charge >= 0.3 is 0 Å². The molecule has 16 heavy (non-hydrogen) atoms. The van der Waals surface area contributed by atoms with E-state index in [0.717, 1.165) is 5.30 Å². The van der Waals surface area contributed by atoms with E-state index in [-0.39, 0.29) is 12.8 Å². The predicted octanol–water partition coefficient (Wildman–Crippen LogP) is 2.50. The van der Waals surface area contributed by atoms with Crippen LogP contribution in [-0.2, 0) is 4.57 Å². The number of hydrogen-bond acceptors (Lipinski definition) is 3. The van der Waals surface area contributed by atoms with Gasteiger partial charge in [-0.25, -0.2) is 0 Å². The molecule has 1 aromatic carbocycles. The predicted molar refractivity (Wildman–Crippen MR) is 63.9 cm³/mol. The zero-order chi connectivity index (χ0) is 11.9. The smallest absolute Gasteiger partial charge is 0.117 e. The van der Waals surface area contributed by atoms with E-state index in [9.17, 15) is 4.57 Å². The van der Waals surface area contributed by atoms with Crippen LogP contribution in [0.1, 0.15) is 12.8 Å². The first-order valence-electron chi connectivity index (χ1n) is 5.10. The molecule has 0 aliphatic heterocycles. The number of benzene rings is 1. The molecule has 0 spiro atoms. The van der Waals surface area contributed by atoms with Crippen LogP contribution in [0, 0.1) is 22.7 Å². The van der Waals surface area contributed by atoms with Gasteiger partial charge in [-0.15, -0.1) is 0 Å². The first-order chi connectivity index (χ1) is 7.73. The molecular formula is C12H13N2OP. The molecule has 0 amide bonds. The Morgan fingerprint density at radius 1 is 1.00 bits per heavy atom. The summed E-state index contributed by atoms with van der Waals surface area (Å²) in [5, 5.41) is 17.9. The molecule has 0 aliphatic rings. The Morgan fingerprint density at radius 2 is 1.50 bits per heavy atom. The van der Waals surface area contributed by atoms with Crippen LogP contribution < -0.4 is 5.30 Å². The molecule has 0 fully saturated rings. The zero-order valence-electron chi connectivity index (χ0n) is 8.97. The van der Waals surface area contributed by atoms with Gasteiger partial charge in [0.25, 0.3) is 0 Å². The second kappa shape index (κ2) is 6.11. The van der Waals surface area contributed by atoms with Crippen LogP contribution in [0.4, 0.5) is 0 Å². The van der Waals surface area contributed by atoms with Crippen molar-refractivity contribution in [1.82, 2.24) is 0 Å². The lowest BCUT2D eigenvalue weighted by Gasteiger charge is -2.15. The number of nitrogens with zero attached hydrogens (tertiary/aromatic N) is 2. The van der Waals surface area contributed by atoms with Crippen LogP contribution in [0.5, 0.6) is 0 Å². The molecule has 0 bridgehead atoms. The van der Waals surface area contributed by atoms with Crippen LogP contribution in [0.25, 0.3) is 0 Å². The second-order valence-corrected chi connectivity index (χ2v) is 6.68. The van der Waals surface area contributed by atoms with Gasteiger partial charge in [0.1, 0.15) is 7.14 Å². The average molecular weight is 232 g/mol. The van der Waals surface area contributed by atoms with Gasteiger partial charge in [0.15, 0.2) is 0 Å². The third-order valence-corrected chi connectivity index (χ3v) is 5.53. The first kappa shape index (κ1) is 12.5. The Labute approximate surface area is 95.7 Å². The molecule has 3 nitrogen and oxygen atoms in total. The van der Waals surface area contributed by atoms with Crippen molar-refractivity contribution in [2.24, 2.45) is 0 Å². The quantitative estimate of drug-likeness (QED) is 0.732. The lowest BCUT2D eigenvalue weighted by atomic mass is 10.4. The third kappa shape index (κ3) is 3.23. The standard InChI is InChI=1S/C12H13N2OP/c13-8-4-10-16(15,11-5-9-14)12-6-2-1-3-7-12/h1-3,6-7H,4-5,10-11H2. The molecule has 1 aromatic rings. The summed E-state index contributed by atoms with van der Waals surface area (Å²) in [5.74, 6) is 0. The fraction of sp³-hybridized carbons (Fsp3) is 0.333. The molecular weight excluding hydrogens is 219 g/mol. The summed E-state index contributed by atoms with van der Waals surface area (Å²) in [5.41, 5.74) is 0. The largest absolute Gasteiger partial charge is 0.319 e. The lowest BCUT2D eigenvalue weighted by molar-refractivity contribution is 0.580. The lowest BCUT2D eigenvalue weighted by Crippen LogP contribution is -2.10. The molecule has 0 atom stereocenters. The Balaban J connectivity index is 2.92. The second-order valence-electron chi connectivity index (χ2n) is 3.49. The van der Waals surface area contributed by atoms with Crippen LogP contribution in [0.3, 0.4) is 0 Å². The van der Waals surface area contributed by atoms with Crippen molar-refractivity contribution in [1.29, 1.82) is 10.5 Å². The molecule has 1 rings (SSSR count). The molecule has 0 saturated carbocycles. The molecule has 0 heterocycles. The molecule has 0 saturated heterocycles. The average Bonchev–Trinajstić information content (AvgIpc) is 2.35. The minimum absolute atomic E-state index is 0.275. The van der Waals surface area contributed by atoms with Crippen LogP contribution >= 0.6 is 7.14 Å². The van der Waals surface area contributed by atoms with E-state index in [1.54, 1.807) is 0 Å². The normalized spacial score (nSPS) is 10.4. The molecule has 0 N–H and O–H groups in total. The Bertz CT molecular complexity index is 434. The Kier molecular flexibility index (Phi) is 4.77. The summed E-state index contributed by atoms with van der Waals surface area (Å²) in [6.45, 7) is 0. The van der Waals surface area contributed by atoms with Gasteiger partial charge in [-0.1, -0.05) is 30.3 Å². The maximum absolute atomic E-state index is 12.6. The fourth-order valence-electron chi connectivity index (χ4n) is 1.53. The van der Waals surface area contributed by atoms with Crippen molar-refractivity contribution in [3.8, 4) is 12.1 Å². The summed E-state index contributed by atoms with van der Waals surface area (Å²) in [6.07, 6.45) is 1.29. The number of hydrogen-bond donors (Lipinski definition) is 0. The van der Waals surface area contributed by atoms with E-state index >= 15 is 0 Å². The van der Waals surface area contributed by atoms with Crippen LogP contribution in [0.2, 0.25) is 0 Å². The molecule has 82 valence electrons. The Hall–Kier alpha value is -1.57. The molecule has 0 aliphatic carbocycles. The molecule has 0 aromatic heterocycles. The van der Waals surface area contributed by atoms with Crippen LogP contribution in [-0.4, -0.2) is 12.3 Å². The highest BCUT2D eigenvalue weighted by Gasteiger charge is 2.23. The van der Waals surface area contributed by atoms with E-state index in [4.69, 9.17) is 10.5 Å². The van der Waals surface area contributed by atoms with Crippen molar-refractivity contribution in [2.45, 2.75) is 12.8 Å². The van der Waals surface area contributed by atoms with Gasteiger partial charge < -0.3 is 4.57 Å². The summed E-state index contributed by atoms with van der Waals surface area (Å²) in [7, 11) is -2.55. The van der Waals surface area contributed by atoms with Gasteiger partial charge in [-0.2, -0.15) is 10.5 Å². The van der Waals surface area contributed by atoms with E-state index in [1.165, 1.54) is 0 Å². The van der Waals surface area contributed by atoms with E-state index < -0.39 is 7.14 Å². The minimum Gasteiger partial charge on any atom is -0.319 e. The van der Waals surface area contributed by atoms with E-state index in [1.807, 2.05) is 42.5 Å². The van der Waals surface area contributed by atoms with Gasteiger partial charge in [0, 0.05) is 30.5 Å². The maximum atomic E-state index is 12.6. The zero-order valence-corrected chi connectivity index (χ0v) is 9.86. The van der Waals surface area contributed by atoms with E-state index in [2.05, 4.69) is 0 Å². The highest BCUT2D eigenvalue weighted by atomic mass is 31.2. The summed E-state index contributed by atoms with van der Waals surface area (Å²) < 4.78 is 12.6. The van der Waals surface area contributed by atoms with Crippen molar-refractivity contribution in [3.63, 3.8) is 0 Å². The highest BCUT2D eigenvalue weighted by Crippen LogP contribution is 2.45. The van der Waals surface area contributed by atoms with Gasteiger partial charge in [-0.3, -0.25) is 0 Å². The van der Waals surface area contributed by atoms with Crippen LogP contribution in [0.15, 0.2) is 30.3 Å². The monoisotopic (exact) mass is 232 g/mol. The fourth-order valence-corrected chi connectivity index (χ4v) is 3.91. The van der Waals surface area contributed by atoms with Gasteiger partial charge in [0.2, 0.25) is 0 Å². The van der Waals surface area contributed by atoms with Gasteiger partial charge in [-0.05, 0) is 0 Å². The first-order valence-corrected chi connectivity index (χ1v) is 7.18. The van der Waals surface area contributed by atoms with Crippen molar-refractivity contribution < 1.29 is 4.57 Å². The maximum Gasteiger partial charge on any atom is 0.117 e. The summed E-state index contributed by atoms with van der Waals surface area (Å²) in [4.78, 5) is 0. The number of rotatable bonds is 5. The van der Waals surface area contributed by atoms with Crippen molar-refractivity contribution in [3.05, 3.63) is 30.3 Å². The molecule has 4 heteroatoms. The minimum atomic E-state index is -2.55. The molecule has 0 radical (unpaired) electrons. The van der Waals surface area contributed by atoms with E-state index in [0.29, 0.717) is 12.3 Å².